The van der Waals surface area contributed by atoms with Crippen LogP contribution in [0.1, 0.15) is 34.5 Å². The fourth-order valence-corrected chi connectivity index (χ4v) is 3.58. The highest BCUT2D eigenvalue weighted by molar-refractivity contribution is 5.95. The van der Waals surface area contributed by atoms with E-state index in [1.165, 1.54) is 0 Å². The fourth-order valence-electron chi connectivity index (χ4n) is 3.58. The minimum absolute atomic E-state index is 0.0853. The summed E-state index contributed by atoms with van der Waals surface area (Å²) < 4.78 is 3.74. The number of aryl methyl sites for hydroxylation is 2. The Morgan fingerprint density at radius 2 is 2.15 bits per heavy atom. The Bertz CT molecular complexity index is 926. The summed E-state index contributed by atoms with van der Waals surface area (Å²) in [5, 5.41) is 8.80. The van der Waals surface area contributed by atoms with Gasteiger partial charge in [0.2, 0.25) is 0 Å². The van der Waals surface area contributed by atoms with E-state index in [0.29, 0.717) is 5.56 Å². The number of amides is 1. The van der Waals surface area contributed by atoms with E-state index in [9.17, 15) is 4.79 Å². The van der Waals surface area contributed by atoms with Crippen LogP contribution in [-0.4, -0.2) is 43.0 Å². The molecule has 0 unspecified atom stereocenters. The molecule has 1 aliphatic heterocycles. The van der Waals surface area contributed by atoms with Crippen LogP contribution in [0.5, 0.6) is 0 Å². The number of nitrogens with zero attached hydrogens (tertiary/aromatic N) is 5. The zero-order valence-electron chi connectivity index (χ0n) is 15.2. The lowest BCUT2D eigenvalue weighted by Gasteiger charge is -2.25. The summed E-state index contributed by atoms with van der Waals surface area (Å²) >= 11 is 0. The number of aromatic nitrogens is 4. The van der Waals surface area contributed by atoms with E-state index in [-0.39, 0.29) is 11.9 Å². The average molecular weight is 349 g/mol. The molecule has 26 heavy (non-hydrogen) atoms. The largest absolute Gasteiger partial charge is 0.334 e. The fraction of sp³-hybridized carbons (Fsp3) is 0.350. The average Bonchev–Trinajstić information content (AvgIpc) is 3.37. The molecule has 1 atom stereocenters. The second-order valence-electron chi connectivity index (χ2n) is 6.99. The highest BCUT2D eigenvalue weighted by Crippen LogP contribution is 2.22. The predicted molar refractivity (Wildman–Crippen MR) is 99.3 cm³/mol. The van der Waals surface area contributed by atoms with Crippen LogP contribution in [0.2, 0.25) is 0 Å². The monoisotopic (exact) mass is 349 g/mol. The first-order valence-corrected chi connectivity index (χ1v) is 9.03. The van der Waals surface area contributed by atoms with Gasteiger partial charge in [-0.05, 0) is 56.5 Å². The molecule has 1 saturated heterocycles. The Balaban J connectivity index is 1.54. The van der Waals surface area contributed by atoms with Gasteiger partial charge < -0.3 is 4.90 Å². The Morgan fingerprint density at radius 1 is 1.27 bits per heavy atom. The quantitative estimate of drug-likeness (QED) is 0.728. The van der Waals surface area contributed by atoms with Crippen molar-refractivity contribution >= 4 is 5.91 Å². The van der Waals surface area contributed by atoms with Crippen molar-refractivity contribution in [2.24, 2.45) is 0 Å². The first-order valence-electron chi connectivity index (χ1n) is 9.03. The first kappa shape index (κ1) is 16.6. The molecular weight excluding hydrogens is 326 g/mol. The molecular formula is C20H23N5O. The lowest BCUT2D eigenvalue weighted by molar-refractivity contribution is 0.0721. The van der Waals surface area contributed by atoms with Crippen LogP contribution in [0.4, 0.5) is 0 Å². The van der Waals surface area contributed by atoms with Gasteiger partial charge in [0, 0.05) is 24.5 Å². The maximum absolute atomic E-state index is 13.1. The Kier molecular flexibility index (Phi) is 4.32. The second-order valence-corrected chi connectivity index (χ2v) is 6.99. The van der Waals surface area contributed by atoms with Crippen LogP contribution in [0, 0.1) is 13.8 Å². The normalized spacial score (nSPS) is 17.0. The predicted octanol–water partition coefficient (Wildman–Crippen LogP) is 2.99. The van der Waals surface area contributed by atoms with Crippen molar-refractivity contribution < 1.29 is 4.79 Å². The van der Waals surface area contributed by atoms with E-state index >= 15 is 0 Å². The lowest BCUT2D eigenvalue weighted by Crippen LogP contribution is -2.38. The van der Waals surface area contributed by atoms with E-state index in [0.717, 1.165) is 42.9 Å². The molecule has 6 heteroatoms. The van der Waals surface area contributed by atoms with E-state index in [1.807, 2.05) is 72.4 Å². The van der Waals surface area contributed by atoms with Crippen molar-refractivity contribution in [2.45, 2.75) is 39.3 Å². The van der Waals surface area contributed by atoms with Crippen molar-refractivity contribution in [1.82, 2.24) is 24.5 Å². The Labute approximate surface area is 153 Å². The molecule has 0 aliphatic carbocycles. The molecule has 1 aliphatic rings. The number of carbonyl (C=O) groups excluding carboxylic acids is 1. The molecule has 1 amide bonds. The Hall–Kier alpha value is -2.89. The number of carbonyl (C=O) groups is 1. The highest BCUT2D eigenvalue weighted by atomic mass is 16.2. The number of hydrogen-bond acceptors (Lipinski definition) is 3. The molecule has 3 heterocycles. The molecule has 0 bridgehead atoms. The van der Waals surface area contributed by atoms with Gasteiger partial charge in [-0.15, -0.1) is 0 Å². The van der Waals surface area contributed by atoms with Gasteiger partial charge in [0.25, 0.3) is 5.91 Å². The van der Waals surface area contributed by atoms with Crippen LogP contribution in [0.25, 0.3) is 5.69 Å². The molecule has 1 fully saturated rings. The number of hydrogen-bond donors (Lipinski definition) is 0. The standard InChI is InChI=1S/C20H23N5O/c1-15-12-21-23(13-15)14-19-7-4-9-24(19)20(26)17-5-3-6-18(11-17)25-10-8-16(2)22-25/h3,5-6,8,10-13,19H,4,7,9,14H2,1-2H3/t19-/m0/s1. The van der Waals surface area contributed by atoms with Gasteiger partial charge in [-0.25, -0.2) is 4.68 Å². The van der Waals surface area contributed by atoms with Gasteiger partial charge in [-0.1, -0.05) is 6.07 Å². The molecule has 6 nitrogen and oxygen atoms in total. The number of likely N-dealkylation sites (tertiary alicyclic amines) is 1. The van der Waals surface area contributed by atoms with Gasteiger partial charge >= 0.3 is 0 Å². The summed E-state index contributed by atoms with van der Waals surface area (Å²) in [6, 6.07) is 9.84. The van der Waals surface area contributed by atoms with Gasteiger partial charge in [0.15, 0.2) is 0 Å². The van der Waals surface area contributed by atoms with Crippen LogP contribution in [-0.2, 0) is 6.54 Å². The van der Waals surface area contributed by atoms with Gasteiger partial charge in [-0.3, -0.25) is 9.48 Å². The third-order valence-electron chi connectivity index (χ3n) is 4.88. The smallest absolute Gasteiger partial charge is 0.254 e. The minimum Gasteiger partial charge on any atom is -0.334 e. The summed E-state index contributed by atoms with van der Waals surface area (Å²) in [5.41, 5.74) is 3.71. The molecule has 3 aromatic rings. The summed E-state index contributed by atoms with van der Waals surface area (Å²) in [5.74, 6) is 0.0853. The minimum atomic E-state index is 0.0853. The summed E-state index contributed by atoms with van der Waals surface area (Å²) in [6.45, 7) is 5.54. The maximum atomic E-state index is 13.1. The van der Waals surface area contributed by atoms with Crippen LogP contribution in [0.3, 0.4) is 0 Å². The first-order chi connectivity index (χ1) is 12.6. The molecule has 0 radical (unpaired) electrons. The van der Waals surface area contributed by atoms with Crippen molar-refractivity contribution in [3.05, 3.63) is 65.7 Å². The van der Waals surface area contributed by atoms with E-state index in [1.54, 1.807) is 4.68 Å². The zero-order valence-corrected chi connectivity index (χ0v) is 15.2. The van der Waals surface area contributed by atoms with Crippen molar-refractivity contribution in [3.63, 3.8) is 0 Å². The zero-order chi connectivity index (χ0) is 18.1. The Morgan fingerprint density at radius 3 is 2.88 bits per heavy atom. The highest BCUT2D eigenvalue weighted by Gasteiger charge is 2.30. The summed E-state index contributed by atoms with van der Waals surface area (Å²) in [4.78, 5) is 15.1. The molecule has 0 saturated carbocycles. The van der Waals surface area contributed by atoms with Crippen molar-refractivity contribution in [3.8, 4) is 5.69 Å². The second kappa shape index (κ2) is 6.78. The summed E-state index contributed by atoms with van der Waals surface area (Å²) in [6.07, 6.45) is 7.85. The molecule has 0 spiro atoms. The van der Waals surface area contributed by atoms with Gasteiger partial charge in [0.1, 0.15) is 0 Å². The van der Waals surface area contributed by atoms with Gasteiger partial charge in [-0.2, -0.15) is 10.2 Å². The van der Waals surface area contributed by atoms with Crippen LogP contribution in [0.15, 0.2) is 48.9 Å². The van der Waals surface area contributed by atoms with Crippen LogP contribution >= 0.6 is 0 Å². The van der Waals surface area contributed by atoms with Crippen molar-refractivity contribution in [1.29, 1.82) is 0 Å². The van der Waals surface area contributed by atoms with Gasteiger partial charge in [0.05, 0.1) is 30.2 Å². The number of benzene rings is 1. The van der Waals surface area contributed by atoms with E-state index in [2.05, 4.69) is 10.2 Å². The number of rotatable bonds is 4. The topological polar surface area (TPSA) is 56.0 Å². The molecule has 4 rings (SSSR count). The lowest BCUT2D eigenvalue weighted by atomic mass is 10.1. The molecule has 0 N–H and O–H groups in total. The molecule has 1 aromatic carbocycles. The third-order valence-corrected chi connectivity index (χ3v) is 4.88. The molecule has 2 aromatic heterocycles. The molecule has 134 valence electrons. The van der Waals surface area contributed by atoms with Crippen molar-refractivity contribution in [2.75, 3.05) is 6.54 Å². The van der Waals surface area contributed by atoms with E-state index < -0.39 is 0 Å². The SMILES string of the molecule is Cc1cnn(C[C@@H]2CCCN2C(=O)c2cccc(-n3ccc(C)n3)c2)c1. The maximum Gasteiger partial charge on any atom is 0.254 e. The van der Waals surface area contributed by atoms with E-state index in [4.69, 9.17) is 0 Å². The summed E-state index contributed by atoms with van der Waals surface area (Å²) in [7, 11) is 0. The van der Waals surface area contributed by atoms with Crippen LogP contribution < -0.4 is 0 Å². The third kappa shape index (κ3) is 3.27.